The average Bonchev–Trinajstić information content (AvgIpc) is 2.49. The highest BCUT2D eigenvalue weighted by Gasteiger charge is 2.08. The fraction of sp³-hybridized carbons (Fsp3) is 0.0667. The molecule has 0 aliphatic rings. The summed E-state index contributed by atoms with van der Waals surface area (Å²) in [5, 5.41) is 4.66. The normalized spacial score (nSPS) is 10.5. The maximum absolute atomic E-state index is 11.6. The Kier molecular flexibility index (Phi) is 4.74. The van der Waals surface area contributed by atoms with Gasteiger partial charge in [0.25, 0.3) is 0 Å². The molecule has 0 heterocycles. The standard InChI is InChI=1S/C15H13ClN2O2/c1-20-15(19)12-7-3-2-6-11(12)10-17-18-14-9-5-4-8-13(14)16/h2-10,18H,1H3/b17-10-. The summed E-state index contributed by atoms with van der Waals surface area (Å²) in [6.07, 6.45) is 1.55. The lowest BCUT2D eigenvalue weighted by Gasteiger charge is -2.04. The van der Waals surface area contributed by atoms with Crippen molar-refractivity contribution in [2.45, 2.75) is 0 Å². The van der Waals surface area contributed by atoms with E-state index in [1.165, 1.54) is 7.11 Å². The second kappa shape index (κ2) is 6.73. The highest BCUT2D eigenvalue weighted by atomic mass is 35.5. The van der Waals surface area contributed by atoms with Crippen LogP contribution >= 0.6 is 11.6 Å². The van der Waals surface area contributed by atoms with Gasteiger partial charge in [-0.3, -0.25) is 5.43 Å². The molecule has 4 nitrogen and oxygen atoms in total. The van der Waals surface area contributed by atoms with E-state index in [9.17, 15) is 4.79 Å². The highest BCUT2D eigenvalue weighted by Crippen LogP contribution is 2.20. The molecule has 20 heavy (non-hydrogen) atoms. The molecule has 0 bridgehead atoms. The number of nitrogens with zero attached hydrogens (tertiary/aromatic N) is 1. The molecule has 0 radical (unpaired) electrons. The van der Waals surface area contributed by atoms with Gasteiger partial charge in [0, 0.05) is 5.56 Å². The molecule has 0 aliphatic heterocycles. The molecule has 102 valence electrons. The minimum atomic E-state index is -0.398. The topological polar surface area (TPSA) is 50.7 Å². The van der Waals surface area contributed by atoms with Crippen LogP contribution in [0.5, 0.6) is 0 Å². The largest absolute Gasteiger partial charge is 0.465 e. The van der Waals surface area contributed by atoms with Crippen LogP contribution in [-0.4, -0.2) is 19.3 Å². The van der Waals surface area contributed by atoms with Gasteiger partial charge < -0.3 is 4.74 Å². The fourth-order valence-corrected chi connectivity index (χ4v) is 1.81. The first kappa shape index (κ1) is 14.1. The van der Waals surface area contributed by atoms with Gasteiger partial charge in [0.15, 0.2) is 0 Å². The first-order valence-electron chi connectivity index (χ1n) is 5.93. The van der Waals surface area contributed by atoms with E-state index in [0.717, 1.165) is 0 Å². The zero-order valence-corrected chi connectivity index (χ0v) is 11.6. The SMILES string of the molecule is COC(=O)c1ccccc1/C=N\Nc1ccccc1Cl. The number of anilines is 1. The number of carbonyl (C=O) groups excluding carboxylic acids is 1. The van der Waals surface area contributed by atoms with Crippen molar-refractivity contribution in [2.75, 3.05) is 12.5 Å². The van der Waals surface area contributed by atoms with Gasteiger partial charge in [-0.15, -0.1) is 0 Å². The smallest absolute Gasteiger partial charge is 0.338 e. The van der Waals surface area contributed by atoms with Crippen molar-refractivity contribution in [2.24, 2.45) is 5.10 Å². The molecule has 5 heteroatoms. The molecule has 0 saturated heterocycles. The van der Waals surface area contributed by atoms with Crippen molar-refractivity contribution >= 4 is 29.5 Å². The lowest BCUT2D eigenvalue weighted by Crippen LogP contribution is -2.05. The van der Waals surface area contributed by atoms with Gasteiger partial charge >= 0.3 is 5.97 Å². The third-order valence-corrected chi connectivity index (χ3v) is 2.96. The summed E-state index contributed by atoms with van der Waals surface area (Å²) in [7, 11) is 1.35. The third-order valence-electron chi connectivity index (χ3n) is 2.63. The highest BCUT2D eigenvalue weighted by molar-refractivity contribution is 6.33. The number of carbonyl (C=O) groups is 1. The summed E-state index contributed by atoms with van der Waals surface area (Å²) in [5.41, 5.74) is 4.65. The molecule has 0 aromatic heterocycles. The summed E-state index contributed by atoms with van der Waals surface area (Å²) in [5.74, 6) is -0.398. The minimum absolute atomic E-state index is 0.398. The van der Waals surface area contributed by atoms with E-state index in [1.807, 2.05) is 24.3 Å². The third kappa shape index (κ3) is 3.36. The second-order valence-corrected chi connectivity index (χ2v) is 4.34. The maximum atomic E-state index is 11.6. The molecular weight excluding hydrogens is 276 g/mol. The molecule has 1 N–H and O–H groups in total. The summed E-state index contributed by atoms with van der Waals surface area (Å²) < 4.78 is 4.72. The first-order chi connectivity index (χ1) is 9.72. The number of hydrogen-bond acceptors (Lipinski definition) is 4. The second-order valence-electron chi connectivity index (χ2n) is 3.93. The van der Waals surface area contributed by atoms with Gasteiger partial charge in [-0.1, -0.05) is 41.9 Å². The number of ether oxygens (including phenoxy) is 1. The molecule has 2 aromatic rings. The van der Waals surface area contributed by atoms with E-state index in [2.05, 4.69) is 10.5 Å². The minimum Gasteiger partial charge on any atom is -0.465 e. The zero-order chi connectivity index (χ0) is 14.4. The number of methoxy groups -OCH3 is 1. The fourth-order valence-electron chi connectivity index (χ4n) is 1.63. The Bertz CT molecular complexity index is 641. The quantitative estimate of drug-likeness (QED) is 0.531. The van der Waals surface area contributed by atoms with Gasteiger partial charge in [0.05, 0.1) is 29.6 Å². The monoisotopic (exact) mass is 288 g/mol. The number of hydrogen-bond donors (Lipinski definition) is 1. The molecular formula is C15H13ClN2O2. The van der Waals surface area contributed by atoms with E-state index < -0.39 is 5.97 Å². The van der Waals surface area contributed by atoms with Crippen LogP contribution in [0.3, 0.4) is 0 Å². The van der Waals surface area contributed by atoms with E-state index in [4.69, 9.17) is 16.3 Å². The Balaban J connectivity index is 2.16. The molecule has 2 rings (SSSR count). The van der Waals surface area contributed by atoms with Crippen molar-refractivity contribution in [3.63, 3.8) is 0 Å². The van der Waals surface area contributed by atoms with Crippen LogP contribution in [0.25, 0.3) is 0 Å². The predicted molar refractivity (Wildman–Crippen MR) is 80.5 cm³/mol. The molecule has 0 saturated carbocycles. The number of rotatable bonds is 4. The van der Waals surface area contributed by atoms with Crippen LogP contribution in [0.1, 0.15) is 15.9 Å². The first-order valence-corrected chi connectivity index (χ1v) is 6.31. The van der Waals surface area contributed by atoms with Gasteiger partial charge in [0.1, 0.15) is 0 Å². The summed E-state index contributed by atoms with van der Waals surface area (Å²) in [4.78, 5) is 11.6. The van der Waals surface area contributed by atoms with Crippen LogP contribution in [-0.2, 0) is 4.74 Å². The zero-order valence-electron chi connectivity index (χ0n) is 10.8. The number of para-hydroxylation sites is 1. The van der Waals surface area contributed by atoms with Crippen LogP contribution in [0, 0.1) is 0 Å². The predicted octanol–water partition coefficient (Wildman–Crippen LogP) is 3.57. The molecule has 0 aliphatic carbocycles. The van der Waals surface area contributed by atoms with Crippen LogP contribution < -0.4 is 5.43 Å². The number of hydrazone groups is 1. The maximum Gasteiger partial charge on any atom is 0.338 e. The average molecular weight is 289 g/mol. The van der Waals surface area contributed by atoms with E-state index in [-0.39, 0.29) is 0 Å². The van der Waals surface area contributed by atoms with E-state index in [0.29, 0.717) is 21.8 Å². The van der Waals surface area contributed by atoms with Gasteiger partial charge in [-0.2, -0.15) is 5.10 Å². The molecule has 0 fully saturated rings. The molecule has 0 spiro atoms. The van der Waals surface area contributed by atoms with E-state index >= 15 is 0 Å². The number of esters is 1. The van der Waals surface area contributed by atoms with Crippen LogP contribution in [0.4, 0.5) is 5.69 Å². The number of halogens is 1. The van der Waals surface area contributed by atoms with E-state index in [1.54, 1.807) is 30.5 Å². The Hall–Kier alpha value is -2.33. The van der Waals surface area contributed by atoms with Crippen LogP contribution in [0.15, 0.2) is 53.6 Å². The van der Waals surface area contributed by atoms with Crippen molar-refractivity contribution in [3.05, 3.63) is 64.7 Å². The summed E-state index contributed by atoms with van der Waals surface area (Å²) in [6.45, 7) is 0. The Morgan fingerprint density at radius 2 is 1.90 bits per heavy atom. The molecule has 0 atom stereocenters. The Labute approximate surface area is 122 Å². The van der Waals surface area contributed by atoms with Crippen molar-refractivity contribution in [3.8, 4) is 0 Å². The Morgan fingerprint density at radius 3 is 2.65 bits per heavy atom. The summed E-state index contributed by atoms with van der Waals surface area (Å²) >= 11 is 6.00. The van der Waals surface area contributed by atoms with Crippen molar-refractivity contribution < 1.29 is 9.53 Å². The Morgan fingerprint density at radius 1 is 1.20 bits per heavy atom. The lowest BCUT2D eigenvalue weighted by molar-refractivity contribution is 0.0600. The summed E-state index contributed by atoms with van der Waals surface area (Å²) in [6, 6.07) is 14.3. The van der Waals surface area contributed by atoms with Gasteiger partial charge in [-0.05, 0) is 18.2 Å². The van der Waals surface area contributed by atoms with Crippen LogP contribution in [0.2, 0.25) is 5.02 Å². The van der Waals surface area contributed by atoms with Crippen molar-refractivity contribution in [1.29, 1.82) is 0 Å². The van der Waals surface area contributed by atoms with Gasteiger partial charge in [0.2, 0.25) is 0 Å². The molecule has 0 unspecified atom stereocenters. The molecule has 0 amide bonds. The lowest BCUT2D eigenvalue weighted by atomic mass is 10.1. The molecule has 2 aromatic carbocycles. The van der Waals surface area contributed by atoms with Crippen molar-refractivity contribution in [1.82, 2.24) is 0 Å². The van der Waals surface area contributed by atoms with Gasteiger partial charge in [-0.25, -0.2) is 4.79 Å². The number of nitrogens with one attached hydrogen (secondary N) is 1. The number of benzene rings is 2.